The van der Waals surface area contributed by atoms with Gasteiger partial charge in [-0.05, 0) is 20.3 Å². The molecule has 0 heterocycles. The normalized spacial score (nSPS) is 17.3. The van der Waals surface area contributed by atoms with Gasteiger partial charge in [-0.2, -0.15) is 0 Å². The van der Waals surface area contributed by atoms with E-state index in [4.69, 9.17) is 11.9 Å². The molecule has 0 unspecified atom stereocenters. The van der Waals surface area contributed by atoms with E-state index in [1.54, 1.807) is 20.8 Å². The summed E-state index contributed by atoms with van der Waals surface area (Å²) in [6, 6.07) is 0. The SMILES string of the molecule is CCS(=O)(=O)[C@H](C)C[C@@H](C)OCl. The van der Waals surface area contributed by atoms with Crippen LogP contribution in [0.1, 0.15) is 27.2 Å². The zero-order valence-electron chi connectivity index (χ0n) is 7.58. The molecular weight excluding hydrogens is 200 g/mol. The molecule has 0 aromatic heterocycles. The number of halogens is 1. The van der Waals surface area contributed by atoms with Gasteiger partial charge in [0.1, 0.15) is 0 Å². The molecule has 74 valence electrons. The Morgan fingerprint density at radius 1 is 1.42 bits per heavy atom. The fourth-order valence-corrected chi connectivity index (χ4v) is 2.14. The van der Waals surface area contributed by atoms with Crippen LogP contribution in [0.4, 0.5) is 0 Å². The number of hydrogen-bond acceptors (Lipinski definition) is 3. The molecule has 0 radical (unpaired) electrons. The Balaban J connectivity index is 4.13. The lowest BCUT2D eigenvalue weighted by atomic mass is 10.2. The van der Waals surface area contributed by atoms with E-state index in [0.29, 0.717) is 6.42 Å². The van der Waals surface area contributed by atoms with Crippen LogP contribution in [0.5, 0.6) is 0 Å². The zero-order valence-corrected chi connectivity index (χ0v) is 9.15. The fraction of sp³-hybridized carbons (Fsp3) is 1.00. The zero-order chi connectivity index (χ0) is 9.78. The van der Waals surface area contributed by atoms with Crippen LogP contribution in [-0.2, 0) is 14.1 Å². The van der Waals surface area contributed by atoms with Crippen molar-refractivity contribution in [2.75, 3.05) is 5.75 Å². The lowest BCUT2D eigenvalue weighted by molar-refractivity contribution is 0.233. The maximum absolute atomic E-state index is 11.3. The molecule has 0 rings (SSSR count). The third-order valence-corrected chi connectivity index (χ3v) is 4.36. The molecule has 0 aliphatic heterocycles. The van der Waals surface area contributed by atoms with Crippen LogP contribution in [0.2, 0.25) is 0 Å². The molecule has 3 nitrogen and oxygen atoms in total. The first kappa shape index (κ1) is 12.2. The van der Waals surface area contributed by atoms with Crippen LogP contribution < -0.4 is 0 Å². The van der Waals surface area contributed by atoms with Crippen molar-refractivity contribution in [1.82, 2.24) is 0 Å². The van der Waals surface area contributed by atoms with E-state index < -0.39 is 9.84 Å². The van der Waals surface area contributed by atoms with Gasteiger partial charge < -0.3 is 0 Å². The van der Waals surface area contributed by atoms with Crippen molar-refractivity contribution in [1.29, 1.82) is 0 Å². The molecular formula is C7H15ClO3S. The van der Waals surface area contributed by atoms with Crippen molar-refractivity contribution in [2.45, 2.75) is 38.5 Å². The highest BCUT2D eigenvalue weighted by atomic mass is 35.5. The Labute approximate surface area is 79.1 Å². The molecule has 0 spiro atoms. The van der Waals surface area contributed by atoms with Crippen LogP contribution >= 0.6 is 11.9 Å². The van der Waals surface area contributed by atoms with E-state index in [1.165, 1.54) is 0 Å². The average Bonchev–Trinajstić information content (AvgIpc) is 2.04. The van der Waals surface area contributed by atoms with E-state index in [1.807, 2.05) is 0 Å². The van der Waals surface area contributed by atoms with E-state index in [9.17, 15) is 8.42 Å². The second-order valence-electron chi connectivity index (χ2n) is 2.90. The predicted octanol–water partition coefficient (Wildman–Crippen LogP) is 1.76. The first-order valence-corrected chi connectivity index (χ1v) is 5.95. The molecule has 0 aliphatic carbocycles. The second-order valence-corrected chi connectivity index (χ2v) is 5.78. The summed E-state index contributed by atoms with van der Waals surface area (Å²) in [5, 5.41) is -0.378. The number of sulfone groups is 1. The quantitative estimate of drug-likeness (QED) is 0.701. The second kappa shape index (κ2) is 5.04. The van der Waals surface area contributed by atoms with Crippen LogP contribution in [0, 0.1) is 0 Å². The van der Waals surface area contributed by atoms with Gasteiger partial charge >= 0.3 is 0 Å². The van der Waals surface area contributed by atoms with Gasteiger partial charge in [-0.15, -0.1) is 0 Å². The van der Waals surface area contributed by atoms with Crippen molar-refractivity contribution in [2.24, 2.45) is 0 Å². The Bertz CT molecular complexity index is 213. The molecule has 12 heavy (non-hydrogen) atoms. The van der Waals surface area contributed by atoms with Gasteiger partial charge in [0, 0.05) is 5.75 Å². The molecule has 2 atom stereocenters. The highest BCUT2D eigenvalue weighted by molar-refractivity contribution is 7.91. The van der Waals surface area contributed by atoms with Gasteiger partial charge in [0.05, 0.1) is 23.2 Å². The third kappa shape index (κ3) is 3.74. The molecule has 0 fully saturated rings. The van der Waals surface area contributed by atoms with Crippen molar-refractivity contribution in [3.63, 3.8) is 0 Å². The lowest BCUT2D eigenvalue weighted by Crippen LogP contribution is -2.24. The van der Waals surface area contributed by atoms with E-state index in [0.717, 1.165) is 0 Å². The summed E-state index contributed by atoms with van der Waals surface area (Å²) in [6.45, 7) is 5.05. The Morgan fingerprint density at radius 3 is 2.25 bits per heavy atom. The van der Waals surface area contributed by atoms with Gasteiger partial charge in [0.25, 0.3) is 0 Å². The molecule has 0 aromatic rings. The van der Waals surface area contributed by atoms with Gasteiger partial charge in [0.2, 0.25) is 0 Å². The first-order chi connectivity index (χ1) is 5.44. The van der Waals surface area contributed by atoms with E-state index in [2.05, 4.69) is 4.29 Å². The third-order valence-electron chi connectivity index (χ3n) is 1.83. The Kier molecular flexibility index (Phi) is 5.13. The van der Waals surface area contributed by atoms with Crippen molar-refractivity contribution < 1.29 is 12.7 Å². The Morgan fingerprint density at radius 2 is 1.92 bits per heavy atom. The van der Waals surface area contributed by atoms with Crippen LogP contribution in [0.3, 0.4) is 0 Å². The van der Waals surface area contributed by atoms with Gasteiger partial charge in [-0.1, -0.05) is 6.92 Å². The fourth-order valence-electron chi connectivity index (χ4n) is 0.935. The molecule has 0 aliphatic rings. The van der Waals surface area contributed by atoms with E-state index >= 15 is 0 Å². The summed E-state index contributed by atoms with van der Waals surface area (Å²) >= 11 is 5.09. The van der Waals surface area contributed by atoms with Crippen LogP contribution in [-0.4, -0.2) is 25.5 Å². The van der Waals surface area contributed by atoms with Crippen molar-refractivity contribution in [3.8, 4) is 0 Å². The minimum atomic E-state index is -2.94. The maximum Gasteiger partial charge on any atom is 0.152 e. The summed E-state index contributed by atoms with van der Waals surface area (Å²) in [5.74, 6) is 0.170. The molecule has 0 bridgehead atoms. The summed E-state index contributed by atoms with van der Waals surface area (Å²) in [6.07, 6.45) is 0.225. The standard InChI is InChI=1S/C7H15ClO3S/c1-4-12(9,10)7(3)5-6(2)11-8/h6-7H,4-5H2,1-3H3/t6-,7-/m1/s1. The minimum Gasteiger partial charge on any atom is -0.276 e. The smallest absolute Gasteiger partial charge is 0.152 e. The Hall–Kier alpha value is 0.200. The molecule has 0 amide bonds. The van der Waals surface area contributed by atoms with Gasteiger partial charge in [0.15, 0.2) is 9.84 Å². The highest BCUT2D eigenvalue weighted by Gasteiger charge is 2.20. The summed E-state index contributed by atoms with van der Waals surface area (Å²) < 4.78 is 27.0. The van der Waals surface area contributed by atoms with Crippen molar-refractivity contribution >= 4 is 21.7 Å². The minimum absolute atomic E-state index is 0.170. The van der Waals surface area contributed by atoms with Crippen LogP contribution in [0.15, 0.2) is 0 Å². The summed E-state index contributed by atoms with van der Waals surface area (Å²) in [5.41, 5.74) is 0. The maximum atomic E-state index is 11.3. The summed E-state index contributed by atoms with van der Waals surface area (Å²) in [7, 11) is -2.94. The molecule has 5 heteroatoms. The monoisotopic (exact) mass is 214 g/mol. The van der Waals surface area contributed by atoms with Gasteiger partial charge in [-0.3, -0.25) is 4.29 Å². The molecule has 0 saturated carbocycles. The first-order valence-electron chi connectivity index (χ1n) is 3.93. The van der Waals surface area contributed by atoms with Crippen LogP contribution in [0.25, 0.3) is 0 Å². The summed E-state index contributed by atoms with van der Waals surface area (Å²) in [4.78, 5) is 0. The molecule has 0 aromatic carbocycles. The van der Waals surface area contributed by atoms with Crippen molar-refractivity contribution in [3.05, 3.63) is 0 Å². The molecule has 0 saturated heterocycles. The van der Waals surface area contributed by atoms with Gasteiger partial charge in [-0.25, -0.2) is 8.42 Å². The largest absolute Gasteiger partial charge is 0.276 e. The highest BCUT2D eigenvalue weighted by Crippen LogP contribution is 2.11. The van der Waals surface area contributed by atoms with E-state index in [-0.39, 0.29) is 17.1 Å². The topological polar surface area (TPSA) is 43.4 Å². The number of rotatable bonds is 5. The predicted molar refractivity (Wildman–Crippen MR) is 49.9 cm³/mol. The lowest BCUT2D eigenvalue weighted by Gasteiger charge is -2.13. The average molecular weight is 215 g/mol. The number of hydrogen-bond donors (Lipinski definition) is 0. The molecule has 0 N–H and O–H groups in total.